The van der Waals surface area contributed by atoms with Crippen LogP contribution in [0.1, 0.15) is 73.7 Å². The van der Waals surface area contributed by atoms with Crippen LogP contribution >= 0.6 is 0 Å². The molecule has 25 heavy (non-hydrogen) atoms. The van der Waals surface area contributed by atoms with Gasteiger partial charge in [0.15, 0.2) is 0 Å². The predicted octanol–water partition coefficient (Wildman–Crippen LogP) is 4.28. The fourth-order valence-corrected chi connectivity index (χ4v) is 4.55. The fraction of sp³-hybridized carbons (Fsp3) is 0.619. The first-order valence-corrected chi connectivity index (χ1v) is 9.76. The van der Waals surface area contributed by atoms with Gasteiger partial charge in [-0.05, 0) is 43.2 Å². The van der Waals surface area contributed by atoms with Crippen molar-refractivity contribution in [1.29, 1.82) is 0 Å². The monoisotopic (exact) mass is 343 g/mol. The Labute approximate surface area is 150 Å². The zero-order chi connectivity index (χ0) is 17.6. The number of carbonyl (C=O) groups excluding carboxylic acids is 1. The molecular weight excluding hydrogens is 314 g/mol. The third kappa shape index (κ3) is 4.62. The van der Waals surface area contributed by atoms with Crippen LogP contribution in [-0.2, 0) is 11.2 Å². The molecule has 1 aliphatic carbocycles. The van der Waals surface area contributed by atoms with Crippen molar-refractivity contribution >= 4 is 11.9 Å². The maximum Gasteiger partial charge on any atom is 0.335 e. The normalized spacial score (nSPS) is 21.4. The van der Waals surface area contributed by atoms with Crippen molar-refractivity contribution < 1.29 is 14.7 Å². The maximum atomic E-state index is 12.7. The first kappa shape index (κ1) is 18.0. The second kappa shape index (κ2) is 8.50. The van der Waals surface area contributed by atoms with Crippen molar-refractivity contribution in [1.82, 2.24) is 4.90 Å². The van der Waals surface area contributed by atoms with E-state index in [0.29, 0.717) is 24.4 Å². The third-order valence-corrected chi connectivity index (χ3v) is 5.88. The van der Waals surface area contributed by atoms with Gasteiger partial charge >= 0.3 is 5.97 Å². The number of aromatic carboxylic acids is 1. The molecule has 0 radical (unpaired) electrons. The number of aryl methyl sites for hydroxylation is 1. The van der Waals surface area contributed by atoms with Gasteiger partial charge in [0.2, 0.25) is 5.91 Å². The molecule has 3 rings (SSSR count). The van der Waals surface area contributed by atoms with Gasteiger partial charge in [-0.3, -0.25) is 4.79 Å². The summed E-state index contributed by atoms with van der Waals surface area (Å²) in [6.07, 6.45) is 11.0. The van der Waals surface area contributed by atoms with E-state index in [4.69, 9.17) is 0 Å². The molecule has 1 saturated carbocycles. The van der Waals surface area contributed by atoms with E-state index in [1.165, 1.54) is 32.1 Å². The molecule has 1 unspecified atom stereocenters. The molecule has 136 valence electrons. The van der Waals surface area contributed by atoms with Crippen LogP contribution in [-0.4, -0.2) is 34.5 Å². The second-order valence-electron chi connectivity index (χ2n) is 7.59. The summed E-state index contributed by atoms with van der Waals surface area (Å²) in [5.41, 5.74) is 1.07. The Morgan fingerprint density at radius 1 is 1.04 bits per heavy atom. The van der Waals surface area contributed by atoms with Crippen LogP contribution in [0.3, 0.4) is 0 Å². The van der Waals surface area contributed by atoms with Crippen molar-refractivity contribution in [3.05, 3.63) is 35.4 Å². The summed E-state index contributed by atoms with van der Waals surface area (Å²) >= 11 is 0. The lowest BCUT2D eigenvalue weighted by Crippen LogP contribution is -2.37. The summed E-state index contributed by atoms with van der Waals surface area (Å²) in [6, 6.07) is 7.42. The zero-order valence-electron chi connectivity index (χ0n) is 15.0. The Morgan fingerprint density at radius 2 is 1.80 bits per heavy atom. The highest BCUT2D eigenvalue weighted by molar-refractivity contribution is 5.89. The highest BCUT2D eigenvalue weighted by atomic mass is 16.4. The van der Waals surface area contributed by atoms with E-state index in [1.807, 2.05) is 12.1 Å². The summed E-state index contributed by atoms with van der Waals surface area (Å²) in [4.78, 5) is 26.1. The van der Waals surface area contributed by atoms with Crippen molar-refractivity contribution in [3.63, 3.8) is 0 Å². The minimum Gasteiger partial charge on any atom is -0.478 e. The molecule has 1 N–H and O–H groups in total. The quantitative estimate of drug-likeness (QED) is 0.839. The molecule has 1 aromatic carbocycles. The average Bonchev–Trinajstić information content (AvgIpc) is 3.09. The Balaban J connectivity index is 1.56. The van der Waals surface area contributed by atoms with Crippen LogP contribution in [0.4, 0.5) is 0 Å². The highest BCUT2D eigenvalue weighted by Crippen LogP contribution is 2.32. The van der Waals surface area contributed by atoms with Crippen LogP contribution in [0, 0.1) is 5.92 Å². The van der Waals surface area contributed by atoms with E-state index in [9.17, 15) is 14.7 Å². The van der Waals surface area contributed by atoms with E-state index >= 15 is 0 Å². The Kier molecular flexibility index (Phi) is 6.11. The number of rotatable bonds is 6. The molecule has 2 aliphatic rings. The third-order valence-electron chi connectivity index (χ3n) is 5.88. The molecule has 1 aliphatic heterocycles. The first-order valence-electron chi connectivity index (χ1n) is 9.76. The number of carboxylic acids is 1. The van der Waals surface area contributed by atoms with E-state index < -0.39 is 5.97 Å². The molecule has 4 heteroatoms. The van der Waals surface area contributed by atoms with Crippen molar-refractivity contribution in [2.45, 2.75) is 70.3 Å². The number of hydrogen-bond donors (Lipinski definition) is 1. The molecule has 1 aromatic rings. The lowest BCUT2D eigenvalue weighted by atomic mass is 9.84. The average molecular weight is 343 g/mol. The van der Waals surface area contributed by atoms with Gasteiger partial charge in [-0.25, -0.2) is 4.79 Å². The summed E-state index contributed by atoms with van der Waals surface area (Å²) in [5.74, 6) is 0.0674. The molecule has 0 aromatic heterocycles. The van der Waals surface area contributed by atoms with Crippen molar-refractivity contribution in [2.24, 2.45) is 5.92 Å². The maximum absolute atomic E-state index is 12.7. The van der Waals surface area contributed by atoms with Crippen LogP contribution in [0.5, 0.6) is 0 Å². The van der Waals surface area contributed by atoms with Crippen LogP contribution in [0.2, 0.25) is 0 Å². The molecule has 0 spiro atoms. The topological polar surface area (TPSA) is 57.6 Å². The largest absolute Gasteiger partial charge is 0.478 e. The lowest BCUT2D eigenvalue weighted by Gasteiger charge is -2.30. The number of amides is 1. The summed E-state index contributed by atoms with van der Waals surface area (Å²) in [6.45, 7) is 0.872. The summed E-state index contributed by atoms with van der Waals surface area (Å²) in [7, 11) is 0. The number of benzene rings is 1. The first-order chi connectivity index (χ1) is 12.1. The molecule has 1 heterocycles. The van der Waals surface area contributed by atoms with Crippen molar-refractivity contribution in [3.8, 4) is 0 Å². The highest BCUT2D eigenvalue weighted by Gasteiger charge is 2.30. The number of carbonyl (C=O) groups is 2. The molecule has 1 saturated heterocycles. The predicted molar refractivity (Wildman–Crippen MR) is 97.6 cm³/mol. The van der Waals surface area contributed by atoms with Crippen molar-refractivity contribution in [2.75, 3.05) is 6.54 Å². The van der Waals surface area contributed by atoms with Gasteiger partial charge in [0.1, 0.15) is 0 Å². The lowest BCUT2D eigenvalue weighted by molar-refractivity contribution is -0.132. The van der Waals surface area contributed by atoms with Gasteiger partial charge in [0.05, 0.1) is 5.56 Å². The van der Waals surface area contributed by atoms with E-state index in [-0.39, 0.29) is 5.91 Å². The molecule has 4 nitrogen and oxygen atoms in total. The molecular formula is C21H29NO3. The number of hydrogen-bond acceptors (Lipinski definition) is 2. The van der Waals surface area contributed by atoms with E-state index in [1.54, 1.807) is 12.1 Å². The SMILES string of the molecule is O=C(O)c1ccccc1CCC(=O)N1CCCC1CC1CCCCC1. The molecule has 1 atom stereocenters. The standard InChI is InChI=1S/C21H29NO3/c23-20(13-12-17-9-4-5-11-19(17)21(24)25)22-14-6-10-18(22)15-16-7-2-1-3-8-16/h4-5,9,11,16,18H,1-3,6-8,10,12-15H2,(H,24,25). The van der Waals surface area contributed by atoms with Gasteiger partial charge in [-0.15, -0.1) is 0 Å². The van der Waals surface area contributed by atoms with Gasteiger partial charge < -0.3 is 10.0 Å². The van der Waals surface area contributed by atoms with Gasteiger partial charge in [0, 0.05) is 19.0 Å². The minimum atomic E-state index is -0.917. The summed E-state index contributed by atoms with van der Waals surface area (Å²) < 4.78 is 0. The Hall–Kier alpha value is -1.84. The fourth-order valence-electron chi connectivity index (χ4n) is 4.55. The number of carboxylic acid groups (broad SMARTS) is 1. The van der Waals surface area contributed by atoms with E-state index in [2.05, 4.69) is 4.90 Å². The Morgan fingerprint density at radius 3 is 2.56 bits per heavy atom. The van der Waals surface area contributed by atoms with E-state index in [0.717, 1.165) is 37.3 Å². The zero-order valence-corrected chi connectivity index (χ0v) is 15.0. The van der Waals surface area contributed by atoms with Crippen LogP contribution < -0.4 is 0 Å². The summed E-state index contributed by atoms with van der Waals surface area (Å²) in [5, 5.41) is 9.27. The molecule has 2 fully saturated rings. The molecule has 1 amide bonds. The molecule has 0 bridgehead atoms. The van der Waals surface area contributed by atoms with Crippen LogP contribution in [0.15, 0.2) is 24.3 Å². The van der Waals surface area contributed by atoms with Crippen LogP contribution in [0.25, 0.3) is 0 Å². The number of nitrogens with zero attached hydrogens (tertiary/aromatic N) is 1. The van der Waals surface area contributed by atoms with Gasteiger partial charge in [-0.1, -0.05) is 50.3 Å². The smallest absolute Gasteiger partial charge is 0.335 e. The minimum absolute atomic E-state index is 0.193. The number of likely N-dealkylation sites (tertiary alicyclic amines) is 1. The van der Waals surface area contributed by atoms with Gasteiger partial charge in [0.25, 0.3) is 0 Å². The van der Waals surface area contributed by atoms with Gasteiger partial charge in [-0.2, -0.15) is 0 Å². The Bertz CT molecular complexity index is 607. The second-order valence-corrected chi connectivity index (χ2v) is 7.59.